The van der Waals surface area contributed by atoms with Crippen LogP contribution in [0.1, 0.15) is 22.3 Å². The van der Waals surface area contributed by atoms with Gasteiger partial charge in [-0.1, -0.05) is 18.2 Å². The third kappa shape index (κ3) is 5.26. The lowest BCUT2D eigenvalue weighted by Gasteiger charge is -2.36. The maximum atomic E-state index is 13.2. The number of nitrogens with one attached hydrogen (secondary N) is 1. The van der Waals surface area contributed by atoms with Crippen LogP contribution in [0.25, 0.3) is 0 Å². The fourth-order valence-corrected chi connectivity index (χ4v) is 3.86. The molecule has 33 heavy (non-hydrogen) atoms. The molecular formula is C26H27N3O4. The molecule has 0 aliphatic carbocycles. The second-order valence-corrected chi connectivity index (χ2v) is 7.79. The number of hydrogen-bond donors (Lipinski definition) is 1. The summed E-state index contributed by atoms with van der Waals surface area (Å²) in [6.45, 7) is 1.84. The van der Waals surface area contributed by atoms with E-state index in [2.05, 4.69) is 5.32 Å². The predicted octanol–water partition coefficient (Wildman–Crippen LogP) is 4.79. The smallest absolute Gasteiger partial charge is 0.324 e. The van der Waals surface area contributed by atoms with Crippen molar-refractivity contribution in [2.45, 2.75) is 13.0 Å². The molecule has 0 aromatic heterocycles. The van der Waals surface area contributed by atoms with Crippen LogP contribution in [-0.4, -0.2) is 44.1 Å². The fourth-order valence-electron chi connectivity index (χ4n) is 3.86. The molecule has 1 heterocycles. The molecule has 1 N–H and O–H groups in total. The van der Waals surface area contributed by atoms with E-state index in [-0.39, 0.29) is 11.9 Å². The molecule has 3 amide bonds. The van der Waals surface area contributed by atoms with Gasteiger partial charge in [0.25, 0.3) is 5.91 Å². The van der Waals surface area contributed by atoms with Crippen LogP contribution in [0.3, 0.4) is 0 Å². The Morgan fingerprint density at radius 3 is 2.42 bits per heavy atom. The van der Waals surface area contributed by atoms with Gasteiger partial charge in [-0.3, -0.25) is 9.69 Å². The van der Waals surface area contributed by atoms with Gasteiger partial charge in [0.2, 0.25) is 0 Å². The van der Waals surface area contributed by atoms with Gasteiger partial charge in [-0.05, 0) is 66.6 Å². The molecule has 0 saturated carbocycles. The lowest BCUT2D eigenvalue weighted by atomic mass is 10.1. The number of anilines is 2. The summed E-state index contributed by atoms with van der Waals surface area (Å²) in [5.41, 5.74) is 2.93. The first-order chi connectivity index (χ1) is 16.1. The van der Waals surface area contributed by atoms with E-state index in [4.69, 9.17) is 9.47 Å². The van der Waals surface area contributed by atoms with Gasteiger partial charge in [0.1, 0.15) is 11.5 Å². The molecule has 4 rings (SSSR count). The molecule has 1 aliphatic heterocycles. The summed E-state index contributed by atoms with van der Waals surface area (Å²) in [4.78, 5) is 29.4. The highest BCUT2D eigenvalue weighted by Crippen LogP contribution is 2.25. The number of carbonyl (C=O) groups excluding carboxylic acids is 2. The fraction of sp³-hybridized carbons (Fsp3) is 0.231. The van der Waals surface area contributed by atoms with Crippen molar-refractivity contribution >= 4 is 23.3 Å². The third-order valence-corrected chi connectivity index (χ3v) is 5.59. The van der Waals surface area contributed by atoms with Crippen LogP contribution in [0.15, 0.2) is 72.8 Å². The summed E-state index contributed by atoms with van der Waals surface area (Å²) < 4.78 is 10.4. The number of ether oxygens (including phenoxy) is 2. The molecule has 7 nitrogen and oxygen atoms in total. The van der Waals surface area contributed by atoms with E-state index in [1.54, 1.807) is 43.4 Å². The predicted molar refractivity (Wildman–Crippen MR) is 128 cm³/mol. The van der Waals surface area contributed by atoms with Crippen LogP contribution in [0.5, 0.6) is 11.5 Å². The SMILES string of the molecule is COc1ccc(C(=O)Nc2cccc(N3CCCN(Cc4cccc(OC)c4)C3=O)c2)cc1. The van der Waals surface area contributed by atoms with Gasteiger partial charge >= 0.3 is 6.03 Å². The number of urea groups is 1. The van der Waals surface area contributed by atoms with Crippen molar-refractivity contribution in [3.8, 4) is 11.5 Å². The second kappa shape index (κ2) is 10.1. The molecule has 0 unspecified atom stereocenters. The standard InChI is InChI=1S/C26H27N3O4/c1-32-23-12-10-20(11-13-23)25(30)27-21-7-4-8-22(17-21)29-15-5-14-28(26(29)31)18-19-6-3-9-24(16-19)33-2/h3-4,6-13,16-17H,5,14-15,18H2,1-2H3,(H,27,30). The largest absolute Gasteiger partial charge is 0.497 e. The minimum Gasteiger partial charge on any atom is -0.497 e. The lowest BCUT2D eigenvalue weighted by Crippen LogP contribution is -2.49. The summed E-state index contributed by atoms with van der Waals surface area (Å²) in [5, 5.41) is 2.91. The van der Waals surface area contributed by atoms with E-state index in [1.165, 1.54) is 0 Å². The molecule has 1 saturated heterocycles. The van der Waals surface area contributed by atoms with Crippen LogP contribution in [-0.2, 0) is 6.54 Å². The van der Waals surface area contributed by atoms with Gasteiger partial charge in [0, 0.05) is 36.6 Å². The molecule has 7 heteroatoms. The van der Waals surface area contributed by atoms with Crippen molar-refractivity contribution < 1.29 is 19.1 Å². The molecule has 0 radical (unpaired) electrons. The van der Waals surface area contributed by atoms with Gasteiger partial charge in [0.15, 0.2) is 0 Å². The quantitative estimate of drug-likeness (QED) is 0.568. The van der Waals surface area contributed by atoms with Crippen molar-refractivity contribution in [3.63, 3.8) is 0 Å². The van der Waals surface area contributed by atoms with Crippen LogP contribution < -0.4 is 19.7 Å². The Morgan fingerprint density at radius 2 is 1.67 bits per heavy atom. The van der Waals surface area contributed by atoms with E-state index in [1.807, 2.05) is 53.4 Å². The van der Waals surface area contributed by atoms with Crippen molar-refractivity contribution in [2.24, 2.45) is 0 Å². The number of hydrogen-bond acceptors (Lipinski definition) is 4. The summed E-state index contributed by atoms with van der Waals surface area (Å²) in [6.07, 6.45) is 0.859. The molecule has 3 aromatic rings. The molecule has 1 aliphatic rings. The first-order valence-electron chi connectivity index (χ1n) is 10.8. The highest BCUT2D eigenvalue weighted by Gasteiger charge is 2.27. The summed E-state index contributed by atoms with van der Waals surface area (Å²) in [7, 11) is 3.22. The summed E-state index contributed by atoms with van der Waals surface area (Å²) in [6, 6.07) is 22.0. The number of methoxy groups -OCH3 is 2. The van der Waals surface area contributed by atoms with Crippen LogP contribution in [0.4, 0.5) is 16.2 Å². The average molecular weight is 446 g/mol. The Bertz CT molecular complexity index is 1130. The van der Waals surface area contributed by atoms with E-state index < -0.39 is 0 Å². The topological polar surface area (TPSA) is 71.1 Å². The van der Waals surface area contributed by atoms with Gasteiger partial charge in [-0.2, -0.15) is 0 Å². The minimum absolute atomic E-state index is 0.0531. The number of rotatable bonds is 7. The molecular weight excluding hydrogens is 418 g/mol. The second-order valence-electron chi connectivity index (χ2n) is 7.79. The zero-order valence-electron chi connectivity index (χ0n) is 18.8. The Hall–Kier alpha value is -4.00. The zero-order chi connectivity index (χ0) is 23.2. The molecule has 0 spiro atoms. The third-order valence-electron chi connectivity index (χ3n) is 5.59. The Balaban J connectivity index is 1.46. The molecule has 170 valence electrons. The van der Waals surface area contributed by atoms with E-state index in [9.17, 15) is 9.59 Å². The molecule has 1 fully saturated rings. The van der Waals surface area contributed by atoms with Crippen molar-refractivity contribution in [3.05, 3.63) is 83.9 Å². The highest BCUT2D eigenvalue weighted by atomic mass is 16.5. The average Bonchev–Trinajstić information content (AvgIpc) is 2.85. The Labute approximate surface area is 193 Å². The van der Waals surface area contributed by atoms with Gasteiger partial charge in [-0.25, -0.2) is 4.79 Å². The summed E-state index contributed by atoms with van der Waals surface area (Å²) in [5.74, 6) is 1.24. The summed E-state index contributed by atoms with van der Waals surface area (Å²) >= 11 is 0. The number of carbonyl (C=O) groups is 2. The van der Waals surface area contributed by atoms with Crippen LogP contribution >= 0.6 is 0 Å². The van der Waals surface area contributed by atoms with Crippen LogP contribution in [0, 0.1) is 0 Å². The van der Waals surface area contributed by atoms with E-state index in [0.717, 1.165) is 23.4 Å². The van der Waals surface area contributed by atoms with Crippen molar-refractivity contribution in [2.75, 3.05) is 37.5 Å². The number of benzene rings is 3. The monoisotopic (exact) mass is 445 g/mol. The van der Waals surface area contributed by atoms with Gasteiger partial charge in [-0.15, -0.1) is 0 Å². The first-order valence-corrected chi connectivity index (χ1v) is 10.8. The van der Waals surface area contributed by atoms with Crippen LogP contribution in [0.2, 0.25) is 0 Å². The van der Waals surface area contributed by atoms with E-state index in [0.29, 0.717) is 36.6 Å². The highest BCUT2D eigenvalue weighted by molar-refractivity contribution is 6.04. The maximum Gasteiger partial charge on any atom is 0.324 e. The molecule has 0 atom stereocenters. The van der Waals surface area contributed by atoms with Gasteiger partial charge < -0.3 is 19.7 Å². The number of nitrogens with zero attached hydrogens (tertiary/aromatic N) is 2. The Kier molecular flexibility index (Phi) is 6.78. The molecule has 3 aromatic carbocycles. The minimum atomic E-state index is -0.223. The Morgan fingerprint density at radius 1 is 0.909 bits per heavy atom. The van der Waals surface area contributed by atoms with Crippen molar-refractivity contribution in [1.82, 2.24) is 4.90 Å². The zero-order valence-corrected chi connectivity index (χ0v) is 18.8. The lowest BCUT2D eigenvalue weighted by molar-refractivity contribution is 0.102. The number of amides is 3. The van der Waals surface area contributed by atoms with Gasteiger partial charge in [0.05, 0.1) is 14.2 Å². The maximum absolute atomic E-state index is 13.2. The first kappa shape index (κ1) is 22.2. The van der Waals surface area contributed by atoms with Crippen molar-refractivity contribution in [1.29, 1.82) is 0 Å². The normalized spacial score (nSPS) is 13.6. The molecule has 0 bridgehead atoms. The van der Waals surface area contributed by atoms with E-state index >= 15 is 0 Å².